The van der Waals surface area contributed by atoms with Crippen molar-refractivity contribution in [2.75, 3.05) is 0 Å². The van der Waals surface area contributed by atoms with Gasteiger partial charge in [0.05, 0.1) is 5.56 Å². The van der Waals surface area contributed by atoms with Crippen LogP contribution in [0, 0.1) is 0 Å². The van der Waals surface area contributed by atoms with Crippen LogP contribution in [-0.4, -0.2) is 5.91 Å². The number of carbonyl (C=O) groups excluding carboxylic acids is 1. The zero-order valence-corrected chi connectivity index (χ0v) is 8.25. The van der Waals surface area contributed by atoms with Crippen LogP contribution in [0.4, 0.5) is 0 Å². The molecule has 2 aromatic rings. The van der Waals surface area contributed by atoms with E-state index in [0.29, 0.717) is 5.56 Å². The molecule has 70 valence electrons. The second kappa shape index (κ2) is 3.64. The molecule has 1 heterocycles. The summed E-state index contributed by atoms with van der Waals surface area (Å²) in [6, 6.07) is 11.5. The van der Waals surface area contributed by atoms with E-state index in [4.69, 9.17) is 5.73 Å². The lowest BCUT2D eigenvalue weighted by molar-refractivity contribution is 0.100. The number of benzene rings is 1. The fourth-order valence-electron chi connectivity index (χ4n) is 1.32. The molecule has 0 aliphatic rings. The van der Waals surface area contributed by atoms with E-state index in [1.807, 2.05) is 35.7 Å². The molecule has 1 aromatic carbocycles. The fraction of sp³-hybridized carbons (Fsp3) is 0. The van der Waals surface area contributed by atoms with Gasteiger partial charge >= 0.3 is 0 Å². The number of hydrogen-bond acceptors (Lipinski definition) is 2. The van der Waals surface area contributed by atoms with Crippen molar-refractivity contribution in [1.29, 1.82) is 0 Å². The van der Waals surface area contributed by atoms with E-state index in [1.165, 1.54) is 11.3 Å². The van der Waals surface area contributed by atoms with Crippen molar-refractivity contribution >= 4 is 17.2 Å². The molecule has 0 atom stereocenters. The predicted molar refractivity (Wildman–Crippen MR) is 58.3 cm³/mol. The van der Waals surface area contributed by atoms with Crippen LogP contribution in [0.1, 0.15) is 10.4 Å². The van der Waals surface area contributed by atoms with E-state index >= 15 is 0 Å². The Bertz CT molecular complexity index is 447. The third-order valence-electron chi connectivity index (χ3n) is 1.97. The summed E-state index contributed by atoms with van der Waals surface area (Å²) < 4.78 is 0. The summed E-state index contributed by atoms with van der Waals surface area (Å²) in [5.74, 6) is -0.370. The van der Waals surface area contributed by atoms with E-state index in [-0.39, 0.29) is 5.91 Å². The summed E-state index contributed by atoms with van der Waals surface area (Å²) >= 11 is 1.53. The highest BCUT2D eigenvalue weighted by Crippen LogP contribution is 2.28. The first-order valence-corrected chi connectivity index (χ1v) is 5.09. The van der Waals surface area contributed by atoms with E-state index in [2.05, 4.69) is 0 Å². The van der Waals surface area contributed by atoms with Crippen molar-refractivity contribution in [3.05, 3.63) is 47.3 Å². The van der Waals surface area contributed by atoms with E-state index in [1.54, 1.807) is 6.07 Å². The molecule has 14 heavy (non-hydrogen) atoms. The molecule has 0 saturated carbocycles. The summed E-state index contributed by atoms with van der Waals surface area (Å²) in [6.07, 6.45) is 0. The van der Waals surface area contributed by atoms with Gasteiger partial charge in [0.1, 0.15) is 0 Å². The molecule has 0 fully saturated rings. The highest BCUT2D eigenvalue weighted by Gasteiger charge is 2.10. The number of amides is 1. The van der Waals surface area contributed by atoms with Crippen molar-refractivity contribution in [2.45, 2.75) is 0 Å². The largest absolute Gasteiger partial charge is 0.366 e. The van der Waals surface area contributed by atoms with Gasteiger partial charge in [-0.15, -0.1) is 11.3 Å². The Morgan fingerprint density at radius 3 is 2.50 bits per heavy atom. The molecule has 1 aromatic heterocycles. The number of nitrogens with two attached hydrogens (primary N) is 1. The monoisotopic (exact) mass is 203 g/mol. The molecule has 0 bridgehead atoms. The van der Waals surface area contributed by atoms with E-state index in [9.17, 15) is 4.79 Å². The van der Waals surface area contributed by atoms with Gasteiger partial charge in [-0.05, 0) is 17.0 Å². The van der Waals surface area contributed by atoms with Gasteiger partial charge in [-0.1, -0.05) is 30.3 Å². The third kappa shape index (κ3) is 1.54. The zero-order chi connectivity index (χ0) is 9.97. The SMILES string of the molecule is NC(=O)c1ccsc1-c1ccccc1. The number of carbonyl (C=O) groups is 1. The number of rotatable bonds is 2. The first-order chi connectivity index (χ1) is 6.79. The Labute approximate surface area is 86.0 Å². The second-order valence-electron chi connectivity index (χ2n) is 2.89. The molecular formula is C11H9NOS. The highest BCUT2D eigenvalue weighted by molar-refractivity contribution is 7.14. The molecule has 1 amide bonds. The predicted octanol–water partition coefficient (Wildman–Crippen LogP) is 2.51. The van der Waals surface area contributed by atoms with Crippen molar-refractivity contribution < 1.29 is 4.79 Å². The Kier molecular flexibility index (Phi) is 2.33. The molecule has 0 aliphatic heterocycles. The van der Waals surface area contributed by atoms with Crippen LogP contribution < -0.4 is 5.73 Å². The molecule has 2 N–H and O–H groups in total. The smallest absolute Gasteiger partial charge is 0.250 e. The third-order valence-corrected chi connectivity index (χ3v) is 2.93. The van der Waals surface area contributed by atoms with Crippen molar-refractivity contribution in [3.8, 4) is 10.4 Å². The second-order valence-corrected chi connectivity index (χ2v) is 3.81. The number of thiophene rings is 1. The summed E-state index contributed by atoms with van der Waals surface area (Å²) in [5.41, 5.74) is 6.90. The zero-order valence-electron chi connectivity index (χ0n) is 7.44. The summed E-state index contributed by atoms with van der Waals surface area (Å²) in [6.45, 7) is 0. The maximum absolute atomic E-state index is 11.1. The van der Waals surface area contributed by atoms with Crippen LogP contribution >= 0.6 is 11.3 Å². The Morgan fingerprint density at radius 1 is 1.14 bits per heavy atom. The minimum absolute atomic E-state index is 0.370. The quantitative estimate of drug-likeness (QED) is 0.800. The first kappa shape index (κ1) is 8.97. The van der Waals surface area contributed by atoms with Gasteiger partial charge in [0.2, 0.25) is 5.91 Å². The lowest BCUT2D eigenvalue weighted by atomic mass is 10.1. The van der Waals surface area contributed by atoms with Gasteiger partial charge in [-0.25, -0.2) is 0 Å². The van der Waals surface area contributed by atoms with Gasteiger partial charge in [0.15, 0.2) is 0 Å². The Hall–Kier alpha value is -1.61. The molecule has 2 rings (SSSR count). The summed E-state index contributed by atoms with van der Waals surface area (Å²) in [4.78, 5) is 12.0. The molecule has 3 heteroatoms. The number of hydrogen-bond donors (Lipinski definition) is 1. The standard InChI is InChI=1S/C11H9NOS/c12-11(13)9-6-7-14-10(9)8-4-2-1-3-5-8/h1-7H,(H2,12,13). The van der Waals surface area contributed by atoms with Crippen LogP contribution in [0.3, 0.4) is 0 Å². The van der Waals surface area contributed by atoms with Crippen molar-refractivity contribution in [3.63, 3.8) is 0 Å². The van der Waals surface area contributed by atoms with Gasteiger partial charge < -0.3 is 5.73 Å². The fourth-order valence-corrected chi connectivity index (χ4v) is 2.22. The average Bonchev–Trinajstić information content (AvgIpc) is 2.67. The van der Waals surface area contributed by atoms with Crippen molar-refractivity contribution in [1.82, 2.24) is 0 Å². The Morgan fingerprint density at radius 2 is 1.86 bits per heavy atom. The van der Waals surface area contributed by atoms with Crippen LogP contribution in [0.25, 0.3) is 10.4 Å². The maximum atomic E-state index is 11.1. The topological polar surface area (TPSA) is 43.1 Å². The maximum Gasteiger partial charge on any atom is 0.250 e. The molecule has 0 aliphatic carbocycles. The van der Waals surface area contributed by atoms with Gasteiger partial charge in [0.25, 0.3) is 0 Å². The van der Waals surface area contributed by atoms with Gasteiger partial charge in [-0.2, -0.15) is 0 Å². The normalized spacial score (nSPS) is 10.0. The first-order valence-electron chi connectivity index (χ1n) is 4.22. The lowest BCUT2D eigenvalue weighted by Gasteiger charge is -1.99. The average molecular weight is 203 g/mol. The molecular weight excluding hydrogens is 194 g/mol. The van der Waals surface area contributed by atoms with Gasteiger partial charge in [0, 0.05) is 4.88 Å². The molecule has 2 nitrogen and oxygen atoms in total. The van der Waals surface area contributed by atoms with Crippen molar-refractivity contribution in [2.24, 2.45) is 5.73 Å². The van der Waals surface area contributed by atoms with Crippen LogP contribution in [0.2, 0.25) is 0 Å². The highest BCUT2D eigenvalue weighted by atomic mass is 32.1. The van der Waals surface area contributed by atoms with Gasteiger partial charge in [-0.3, -0.25) is 4.79 Å². The molecule has 0 radical (unpaired) electrons. The van der Waals surface area contributed by atoms with Crippen LogP contribution in [-0.2, 0) is 0 Å². The lowest BCUT2D eigenvalue weighted by Crippen LogP contribution is -2.10. The number of primary amides is 1. The van der Waals surface area contributed by atoms with E-state index < -0.39 is 0 Å². The molecule has 0 saturated heterocycles. The van der Waals surface area contributed by atoms with Crippen LogP contribution in [0.5, 0.6) is 0 Å². The van der Waals surface area contributed by atoms with Crippen LogP contribution in [0.15, 0.2) is 41.8 Å². The summed E-state index contributed by atoms with van der Waals surface area (Å²) in [5, 5.41) is 1.88. The Balaban J connectivity index is 2.52. The molecule has 0 spiro atoms. The summed E-state index contributed by atoms with van der Waals surface area (Å²) in [7, 11) is 0. The van der Waals surface area contributed by atoms with E-state index in [0.717, 1.165) is 10.4 Å². The minimum atomic E-state index is -0.370. The molecule has 0 unspecified atom stereocenters. The minimum Gasteiger partial charge on any atom is -0.366 e.